The monoisotopic (exact) mass is 288 g/mol. The Morgan fingerprint density at radius 3 is 2.95 bits per heavy atom. The Hall–Kier alpha value is -2.30. The van der Waals surface area contributed by atoms with Crippen molar-refractivity contribution in [3.63, 3.8) is 0 Å². The van der Waals surface area contributed by atoms with E-state index in [0.29, 0.717) is 30.1 Å². The van der Waals surface area contributed by atoms with Gasteiger partial charge in [0.15, 0.2) is 11.5 Å². The topological polar surface area (TPSA) is 61.8 Å². The lowest BCUT2D eigenvalue weighted by molar-refractivity contribution is -0.148. The molecule has 0 N–H and O–H groups in total. The van der Waals surface area contributed by atoms with Crippen LogP contribution in [0.15, 0.2) is 29.8 Å². The standard InChI is InChI=1S/C16H16O5/c1-3-20-15(17)10-7-8-11-13(10)9-5-4-6-12(19-2)14(9)21-16(11)18/h4-6,8,10,13H,3,7H2,1-2H3/t10-,13+/m0/s1. The van der Waals surface area contributed by atoms with Crippen molar-refractivity contribution in [1.82, 2.24) is 0 Å². The molecule has 0 aromatic heterocycles. The molecule has 21 heavy (non-hydrogen) atoms. The summed E-state index contributed by atoms with van der Waals surface area (Å²) in [6, 6.07) is 5.42. The van der Waals surface area contributed by atoms with E-state index < -0.39 is 5.97 Å². The number of carbonyl (C=O) groups excluding carboxylic acids is 2. The number of para-hydroxylation sites is 1. The highest BCUT2D eigenvalue weighted by Crippen LogP contribution is 2.50. The van der Waals surface area contributed by atoms with Gasteiger partial charge in [0.25, 0.3) is 0 Å². The minimum atomic E-state index is -0.413. The zero-order valence-corrected chi connectivity index (χ0v) is 11.9. The van der Waals surface area contributed by atoms with Crippen molar-refractivity contribution in [2.45, 2.75) is 19.3 Å². The lowest BCUT2D eigenvalue weighted by Gasteiger charge is -2.28. The zero-order valence-electron chi connectivity index (χ0n) is 11.9. The second kappa shape index (κ2) is 5.24. The molecule has 0 bridgehead atoms. The highest BCUT2D eigenvalue weighted by Gasteiger charge is 2.45. The fourth-order valence-corrected chi connectivity index (χ4v) is 3.01. The Bertz CT molecular complexity index is 632. The molecule has 1 aliphatic carbocycles. The summed E-state index contributed by atoms with van der Waals surface area (Å²) >= 11 is 0. The van der Waals surface area contributed by atoms with Gasteiger partial charge in [-0.2, -0.15) is 0 Å². The van der Waals surface area contributed by atoms with E-state index in [1.165, 1.54) is 7.11 Å². The van der Waals surface area contributed by atoms with E-state index in [-0.39, 0.29) is 17.8 Å². The summed E-state index contributed by atoms with van der Waals surface area (Å²) in [5.74, 6) is -0.479. The molecule has 2 atom stereocenters. The number of hydrogen-bond acceptors (Lipinski definition) is 5. The van der Waals surface area contributed by atoms with Crippen molar-refractivity contribution in [3.05, 3.63) is 35.4 Å². The highest BCUT2D eigenvalue weighted by molar-refractivity contribution is 5.97. The Morgan fingerprint density at radius 2 is 2.24 bits per heavy atom. The van der Waals surface area contributed by atoms with Gasteiger partial charge in [0.05, 0.1) is 19.6 Å². The third-order valence-corrected chi connectivity index (χ3v) is 3.91. The molecule has 1 aliphatic heterocycles. The summed E-state index contributed by atoms with van der Waals surface area (Å²) in [7, 11) is 1.52. The fourth-order valence-electron chi connectivity index (χ4n) is 3.01. The minimum absolute atomic E-state index is 0.280. The molecule has 1 aromatic rings. The van der Waals surface area contributed by atoms with Crippen molar-refractivity contribution in [1.29, 1.82) is 0 Å². The summed E-state index contributed by atoms with van der Waals surface area (Å²) in [6.45, 7) is 2.10. The number of hydrogen-bond donors (Lipinski definition) is 0. The van der Waals surface area contributed by atoms with E-state index in [9.17, 15) is 9.59 Å². The quantitative estimate of drug-likeness (QED) is 0.630. The summed E-state index contributed by atoms with van der Waals surface area (Å²) in [5.41, 5.74) is 1.34. The lowest BCUT2D eigenvalue weighted by Crippen LogP contribution is -2.29. The van der Waals surface area contributed by atoms with Gasteiger partial charge in [0.2, 0.25) is 0 Å². The first kappa shape index (κ1) is 13.7. The number of methoxy groups -OCH3 is 1. The highest BCUT2D eigenvalue weighted by atomic mass is 16.6. The summed E-state index contributed by atoms with van der Waals surface area (Å²) in [5, 5.41) is 0. The van der Waals surface area contributed by atoms with Crippen LogP contribution in [-0.2, 0) is 14.3 Å². The van der Waals surface area contributed by atoms with Gasteiger partial charge in [-0.3, -0.25) is 4.79 Å². The molecule has 2 aliphatic rings. The fraction of sp³-hybridized carbons (Fsp3) is 0.375. The number of esters is 2. The van der Waals surface area contributed by atoms with E-state index in [4.69, 9.17) is 14.2 Å². The Morgan fingerprint density at radius 1 is 1.43 bits per heavy atom. The van der Waals surface area contributed by atoms with Gasteiger partial charge in [0.1, 0.15) is 0 Å². The largest absolute Gasteiger partial charge is 0.493 e. The van der Waals surface area contributed by atoms with Crippen molar-refractivity contribution in [2.24, 2.45) is 5.92 Å². The average Bonchev–Trinajstić information content (AvgIpc) is 2.93. The maximum atomic E-state index is 12.1. The summed E-state index contributed by atoms with van der Waals surface area (Å²) < 4.78 is 15.7. The van der Waals surface area contributed by atoms with Crippen LogP contribution in [0.5, 0.6) is 11.5 Å². The Kier molecular flexibility index (Phi) is 3.41. The number of carbonyl (C=O) groups is 2. The molecule has 1 heterocycles. The number of benzene rings is 1. The first-order valence-electron chi connectivity index (χ1n) is 6.93. The predicted molar refractivity (Wildman–Crippen MR) is 74.2 cm³/mol. The van der Waals surface area contributed by atoms with E-state index in [1.807, 2.05) is 12.1 Å². The molecule has 0 saturated carbocycles. The van der Waals surface area contributed by atoms with Crippen LogP contribution < -0.4 is 9.47 Å². The van der Waals surface area contributed by atoms with E-state index in [1.54, 1.807) is 19.1 Å². The predicted octanol–water partition coefficient (Wildman–Crippen LogP) is 2.21. The average molecular weight is 288 g/mol. The molecule has 3 rings (SSSR count). The summed E-state index contributed by atoms with van der Waals surface area (Å²) in [6.07, 6.45) is 2.27. The molecule has 0 saturated heterocycles. The van der Waals surface area contributed by atoms with Gasteiger partial charge >= 0.3 is 11.9 Å². The van der Waals surface area contributed by atoms with Crippen LogP contribution in [0.1, 0.15) is 24.8 Å². The van der Waals surface area contributed by atoms with Gasteiger partial charge in [-0.1, -0.05) is 18.2 Å². The maximum Gasteiger partial charge on any atom is 0.339 e. The van der Waals surface area contributed by atoms with Crippen molar-refractivity contribution in [3.8, 4) is 11.5 Å². The third kappa shape index (κ3) is 2.09. The van der Waals surface area contributed by atoms with Gasteiger partial charge in [0, 0.05) is 17.1 Å². The number of rotatable bonds is 3. The van der Waals surface area contributed by atoms with Crippen molar-refractivity contribution in [2.75, 3.05) is 13.7 Å². The lowest BCUT2D eigenvalue weighted by atomic mass is 9.82. The molecular formula is C16H16O5. The van der Waals surface area contributed by atoms with Crippen LogP contribution >= 0.6 is 0 Å². The molecule has 0 unspecified atom stereocenters. The van der Waals surface area contributed by atoms with E-state index in [2.05, 4.69) is 0 Å². The summed E-state index contributed by atoms with van der Waals surface area (Å²) in [4.78, 5) is 24.3. The van der Waals surface area contributed by atoms with E-state index in [0.717, 1.165) is 5.56 Å². The third-order valence-electron chi connectivity index (χ3n) is 3.91. The normalized spacial score (nSPS) is 22.8. The van der Waals surface area contributed by atoms with Crippen LogP contribution in [-0.4, -0.2) is 25.7 Å². The van der Waals surface area contributed by atoms with Gasteiger partial charge < -0.3 is 14.2 Å². The molecule has 1 aromatic carbocycles. The smallest absolute Gasteiger partial charge is 0.339 e. The molecule has 0 radical (unpaired) electrons. The zero-order chi connectivity index (χ0) is 15.0. The van der Waals surface area contributed by atoms with Crippen LogP contribution in [0.2, 0.25) is 0 Å². The van der Waals surface area contributed by atoms with E-state index >= 15 is 0 Å². The van der Waals surface area contributed by atoms with Crippen LogP contribution in [0.25, 0.3) is 0 Å². The number of ether oxygens (including phenoxy) is 3. The Balaban J connectivity index is 2.06. The van der Waals surface area contributed by atoms with Gasteiger partial charge in [-0.05, 0) is 19.4 Å². The van der Waals surface area contributed by atoms with Crippen molar-refractivity contribution >= 4 is 11.9 Å². The van der Waals surface area contributed by atoms with Gasteiger partial charge in [-0.25, -0.2) is 4.79 Å². The second-order valence-corrected chi connectivity index (χ2v) is 5.00. The molecule has 0 spiro atoms. The van der Waals surface area contributed by atoms with Crippen LogP contribution in [0, 0.1) is 5.92 Å². The SMILES string of the molecule is CCOC(=O)[C@H]1CC=C2C(=O)Oc3c(OC)cccc3[C@@H]21. The number of allylic oxidation sites excluding steroid dienone is 1. The maximum absolute atomic E-state index is 12.1. The van der Waals surface area contributed by atoms with Gasteiger partial charge in [-0.15, -0.1) is 0 Å². The van der Waals surface area contributed by atoms with Crippen LogP contribution in [0.3, 0.4) is 0 Å². The van der Waals surface area contributed by atoms with Crippen molar-refractivity contribution < 1.29 is 23.8 Å². The first-order valence-corrected chi connectivity index (χ1v) is 6.93. The first-order chi connectivity index (χ1) is 10.2. The molecule has 110 valence electrons. The molecule has 5 heteroatoms. The second-order valence-electron chi connectivity index (χ2n) is 5.00. The molecule has 5 nitrogen and oxygen atoms in total. The number of fused-ring (bicyclic) bond motifs is 3. The Labute approximate surface area is 122 Å². The molecular weight excluding hydrogens is 272 g/mol. The van der Waals surface area contributed by atoms with Crippen LogP contribution in [0.4, 0.5) is 0 Å². The molecule has 0 amide bonds. The molecule has 0 fully saturated rings. The minimum Gasteiger partial charge on any atom is -0.493 e.